The van der Waals surface area contributed by atoms with Gasteiger partial charge in [0.15, 0.2) is 10.2 Å². The van der Waals surface area contributed by atoms with Crippen LogP contribution in [0.5, 0.6) is 0 Å². The number of carbonyl (C=O) groups excluding carboxylic acids is 1. The lowest BCUT2D eigenvalue weighted by Crippen LogP contribution is -2.35. The van der Waals surface area contributed by atoms with E-state index in [1.54, 1.807) is 24.3 Å². The fourth-order valence-corrected chi connectivity index (χ4v) is 4.89. The number of thioether (sulfide) groups is 2. The summed E-state index contributed by atoms with van der Waals surface area (Å²) in [5.74, 6) is -0.431. The molecule has 0 aliphatic carbocycles. The highest BCUT2D eigenvalue weighted by molar-refractivity contribution is 8.45. The Kier molecular flexibility index (Phi) is 5.37. The van der Waals surface area contributed by atoms with Gasteiger partial charge in [-0.3, -0.25) is 10.2 Å². The number of carbonyl (C=O) groups is 1. The van der Waals surface area contributed by atoms with Gasteiger partial charge < -0.3 is 4.57 Å². The van der Waals surface area contributed by atoms with Gasteiger partial charge in [-0.1, -0.05) is 23.2 Å². The second-order valence-electron chi connectivity index (χ2n) is 6.35. The van der Waals surface area contributed by atoms with E-state index >= 15 is 0 Å². The average molecular weight is 464 g/mol. The Morgan fingerprint density at radius 3 is 2.72 bits per heavy atom. The third kappa shape index (κ3) is 3.54. The lowest BCUT2D eigenvalue weighted by atomic mass is 10.1. The van der Waals surface area contributed by atoms with Gasteiger partial charge in [0, 0.05) is 16.4 Å². The predicted molar refractivity (Wildman–Crippen MR) is 124 cm³/mol. The molecule has 6 nitrogen and oxygen atoms in total. The van der Waals surface area contributed by atoms with E-state index in [-0.39, 0.29) is 11.4 Å². The largest absolute Gasteiger partial charge is 0.316 e. The van der Waals surface area contributed by atoms with Gasteiger partial charge in [0.05, 0.1) is 16.3 Å². The zero-order valence-corrected chi connectivity index (χ0v) is 18.8. The molecule has 2 aromatic rings. The highest BCUT2D eigenvalue weighted by atomic mass is 35.5. The average Bonchev–Trinajstić information content (AvgIpc) is 3.21. The van der Waals surface area contributed by atoms with Gasteiger partial charge in [-0.2, -0.15) is 10.0 Å². The minimum Gasteiger partial charge on any atom is -0.316 e. The van der Waals surface area contributed by atoms with E-state index in [1.807, 2.05) is 30.7 Å². The number of halogens is 2. The standard InChI is InChI=1S/C19H15Cl2N5OS2/c1-9-6-11(10(2)25(9)15-8-12(20)4-5-14(15)21)7-13-16(22)26-18(23-17(13)27)29-19(24-26)28-3/h4-8,22H,1-3H3/b13-7+,22-16?. The molecule has 0 radical (unpaired) electrons. The van der Waals surface area contributed by atoms with E-state index < -0.39 is 5.91 Å². The number of hydrogen-bond donors (Lipinski definition) is 1. The normalized spacial score (nSPS) is 17.7. The first-order valence-electron chi connectivity index (χ1n) is 8.48. The monoisotopic (exact) mass is 463 g/mol. The van der Waals surface area contributed by atoms with Crippen molar-refractivity contribution in [3.63, 3.8) is 0 Å². The molecule has 0 saturated carbocycles. The number of nitrogens with one attached hydrogen (secondary N) is 1. The van der Waals surface area contributed by atoms with Crippen molar-refractivity contribution in [3.05, 3.63) is 56.8 Å². The topological polar surface area (TPSA) is 73.8 Å². The zero-order valence-electron chi connectivity index (χ0n) is 15.7. The summed E-state index contributed by atoms with van der Waals surface area (Å²) in [6.45, 7) is 3.88. The molecular weight excluding hydrogens is 449 g/mol. The van der Waals surface area contributed by atoms with Gasteiger partial charge in [-0.15, -0.1) is 16.9 Å². The summed E-state index contributed by atoms with van der Waals surface area (Å²) in [7, 11) is 0. The first kappa shape index (κ1) is 20.3. The van der Waals surface area contributed by atoms with E-state index in [0.717, 1.165) is 27.0 Å². The number of aryl methyl sites for hydroxylation is 1. The Labute approximate surface area is 186 Å². The van der Waals surface area contributed by atoms with Crippen LogP contribution in [-0.2, 0) is 4.79 Å². The van der Waals surface area contributed by atoms with E-state index in [4.69, 9.17) is 28.6 Å². The fraction of sp³-hybridized carbons (Fsp3) is 0.158. The molecule has 3 heterocycles. The van der Waals surface area contributed by atoms with E-state index in [2.05, 4.69) is 10.1 Å². The Hall–Kier alpha value is -2.00. The zero-order chi connectivity index (χ0) is 20.9. The molecule has 4 rings (SSSR count). The molecular formula is C19H15Cl2N5OS2. The minimum absolute atomic E-state index is 0.0159. The van der Waals surface area contributed by atoms with Crippen LogP contribution in [0, 0.1) is 19.3 Å². The van der Waals surface area contributed by atoms with Crippen LogP contribution >= 0.6 is 46.7 Å². The van der Waals surface area contributed by atoms with Crippen molar-refractivity contribution in [2.75, 3.05) is 6.26 Å². The van der Waals surface area contributed by atoms with Crippen molar-refractivity contribution < 1.29 is 4.79 Å². The highest BCUT2D eigenvalue weighted by Crippen LogP contribution is 2.33. The van der Waals surface area contributed by atoms with Crippen LogP contribution in [0.25, 0.3) is 11.8 Å². The highest BCUT2D eigenvalue weighted by Gasteiger charge is 2.35. The Balaban J connectivity index is 1.78. The SMILES string of the molecule is CSC1=NN2C(=N)/C(=C\c3cc(C)n(-c4cc(Cl)ccc4Cl)c3C)C(=O)N=C2S1. The number of hydrazone groups is 1. The maximum atomic E-state index is 12.6. The third-order valence-electron chi connectivity index (χ3n) is 4.53. The molecule has 0 spiro atoms. The Morgan fingerprint density at radius 1 is 1.24 bits per heavy atom. The van der Waals surface area contributed by atoms with E-state index in [9.17, 15) is 4.79 Å². The molecule has 2 aliphatic rings. The van der Waals surface area contributed by atoms with E-state index in [1.165, 1.54) is 28.5 Å². The number of aliphatic imine (C=N–C) groups is 1. The summed E-state index contributed by atoms with van der Waals surface area (Å²) in [6, 6.07) is 7.22. The van der Waals surface area contributed by atoms with Crippen molar-refractivity contribution in [1.29, 1.82) is 5.41 Å². The van der Waals surface area contributed by atoms with Crippen LogP contribution in [0.1, 0.15) is 17.0 Å². The number of fused-ring (bicyclic) bond motifs is 1. The van der Waals surface area contributed by atoms with Crippen LogP contribution < -0.4 is 0 Å². The van der Waals surface area contributed by atoms with Gasteiger partial charge in [0.25, 0.3) is 5.91 Å². The summed E-state index contributed by atoms with van der Waals surface area (Å²) in [4.78, 5) is 16.7. The molecule has 0 unspecified atom stereocenters. The predicted octanol–water partition coefficient (Wildman–Crippen LogP) is 5.34. The molecule has 1 N–H and O–H groups in total. The summed E-state index contributed by atoms with van der Waals surface area (Å²) < 4.78 is 2.72. The van der Waals surface area contributed by atoms with Crippen LogP contribution in [0.4, 0.5) is 0 Å². The van der Waals surface area contributed by atoms with Crippen LogP contribution in [0.3, 0.4) is 0 Å². The van der Waals surface area contributed by atoms with E-state index in [0.29, 0.717) is 15.2 Å². The van der Waals surface area contributed by atoms with Gasteiger partial charge in [-0.05, 0) is 67.8 Å². The van der Waals surface area contributed by atoms with Gasteiger partial charge in [0.1, 0.15) is 0 Å². The molecule has 2 aliphatic heterocycles. The molecule has 1 aromatic heterocycles. The second kappa shape index (κ2) is 7.68. The number of hydrogen-bond acceptors (Lipinski definition) is 5. The minimum atomic E-state index is -0.447. The number of nitrogens with zero attached hydrogens (tertiary/aromatic N) is 4. The van der Waals surface area contributed by atoms with Crippen molar-refractivity contribution in [2.24, 2.45) is 10.1 Å². The molecule has 10 heteroatoms. The first-order chi connectivity index (χ1) is 13.8. The number of amidine groups is 2. The second-order valence-corrected chi connectivity index (χ2v) is 9.20. The summed E-state index contributed by atoms with van der Waals surface area (Å²) in [5, 5.41) is 15.8. The lowest BCUT2D eigenvalue weighted by molar-refractivity contribution is -0.114. The maximum Gasteiger partial charge on any atom is 0.283 e. The number of aromatic nitrogens is 1. The third-order valence-corrected chi connectivity index (χ3v) is 6.97. The fourth-order valence-electron chi connectivity index (χ4n) is 3.17. The molecule has 1 aromatic carbocycles. The Morgan fingerprint density at radius 2 is 2.00 bits per heavy atom. The van der Waals surface area contributed by atoms with Crippen LogP contribution in [0.15, 0.2) is 39.9 Å². The Bertz CT molecular complexity index is 1170. The smallest absolute Gasteiger partial charge is 0.283 e. The molecule has 0 bridgehead atoms. The van der Waals surface area contributed by atoms with Gasteiger partial charge in [0.2, 0.25) is 5.17 Å². The van der Waals surface area contributed by atoms with Crippen molar-refractivity contribution in [2.45, 2.75) is 13.8 Å². The molecule has 0 saturated heterocycles. The summed E-state index contributed by atoms with van der Waals surface area (Å²) in [6.07, 6.45) is 3.57. The quantitative estimate of drug-likeness (QED) is 0.609. The lowest BCUT2D eigenvalue weighted by Gasteiger charge is -2.20. The maximum absolute atomic E-state index is 12.6. The van der Waals surface area contributed by atoms with Crippen LogP contribution in [0.2, 0.25) is 10.0 Å². The molecule has 148 valence electrons. The molecule has 29 heavy (non-hydrogen) atoms. The van der Waals surface area contributed by atoms with Crippen molar-refractivity contribution in [3.8, 4) is 5.69 Å². The van der Waals surface area contributed by atoms with Crippen molar-refractivity contribution in [1.82, 2.24) is 9.58 Å². The van der Waals surface area contributed by atoms with Gasteiger partial charge >= 0.3 is 0 Å². The molecule has 1 amide bonds. The summed E-state index contributed by atoms with van der Waals surface area (Å²) >= 11 is 15.3. The number of rotatable bonds is 2. The molecule has 0 fully saturated rings. The first-order valence-corrected chi connectivity index (χ1v) is 11.3. The van der Waals surface area contributed by atoms with Crippen LogP contribution in [-0.4, -0.2) is 37.1 Å². The van der Waals surface area contributed by atoms with Crippen molar-refractivity contribution >= 4 is 74.1 Å². The number of amides is 1. The molecule has 0 atom stereocenters. The van der Waals surface area contributed by atoms with Gasteiger partial charge in [-0.25, -0.2) is 0 Å². The summed E-state index contributed by atoms with van der Waals surface area (Å²) in [5.41, 5.74) is 3.55. The number of benzene rings is 1.